The number of nitrogens with one attached hydrogen (secondary N) is 2. The molecule has 1 heterocycles. The van der Waals surface area contributed by atoms with Gasteiger partial charge in [0.15, 0.2) is 18.1 Å². The highest BCUT2D eigenvalue weighted by atomic mass is 19.4. The maximum Gasteiger partial charge on any atom is 0.422 e. The zero-order chi connectivity index (χ0) is 22.6. The number of carbonyl (C=O) groups excluding carboxylic acids is 2. The van der Waals surface area contributed by atoms with Gasteiger partial charge in [0.25, 0.3) is 5.91 Å². The molecule has 0 unspecified atom stereocenters. The van der Waals surface area contributed by atoms with Crippen LogP contribution in [-0.2, 0) is 11.3 Å². The molecular weight excluding hydrogens is 417 g/mol. The Labute approximate surface area is 176 Å². The fraction of sp³-hybridized carbons (Fsp3) is 0.400. The van der Waals surface area contributed by atoms with E-state index in [1.54, 1.807) is 6.92 Å². The van der Waals surface area contributed by atoms with E-state index >= 15 is 0 Å². The number of benzene rings is 1. The number of amides is 2. The van der Waals surface area contributed by atoms with E-state index in [1.165, 1.54) is 31.4 Å². The van der Waals surface area contributed by atoms with Crippen molar-refractivity contribution in [3.8, 4) is 11.5 Å². The van der Waals surface area contributed by atoms with Gasteiger partial charge in [-0.1, -0.05) is 6.07 Å². The first-order chi connectivity index (χ1) is 14.6. The third-order valence-corrected chi connectivity index (χ3v) is 4.34. The number of alkyl halides is 3. The van der Waals surface area contributed by atoms with Crippen LogP contribution >= 0.6 is 0 Å². The molecule has 1 aromatic heterocycles. The van der Waals surface area contributed by atoms with Crippen LogP contribution in [0.3, 0.4) is 0 Å². The molecule has 0 atom stereocenters. The predicted octanol–water partition coefficient (Wildman–Crippen LogP) is 3.01. The van der Waals surface area contributed by atoms with E-state index in [9.17, 15) is 22.8 Å². The van der Waals surface area contributed by atoms with Crippen LogP contribution < -0.4 is 20.1 Å². The molecular formula is C20H21F3N4O4. The van der Waals surface area contributed by atoms with Gasteiger partial charge in [0.2, 0.25) is 11.9 Å². The number of anilines is 1. The van der Waals surface area contributed by atoms with E-state index in [1.807, 2.05) is 0 Å². The Morgan fingerprint density at radius 1 is 1.16 bits per heavy atom. The average Bonchev–Trinajstić information content (AvgIpc) is 3.55. The quantitative estimate of drug-likeness (QED) is 0.657. The summed E-state index contributed by atoms with van der Waals surface area (Å²) < 4.78 is 46.9. The fourth-order valence-electron chi connectivity index (χ4n) is 2.67. The lowest BCUT2D eigenvalue weighted by Crippen LogP contribution is -2.25. The van der Waals surface area contributed by atoms with Gasteiger partial charge in [0.1, 0.15) is 5.69 Å². The molecule has 3 rings (SSSR count). The van der Waals surface area contributed by atoms with Crippen molar-refractivity contribution in [2.45, 2.75) is 32.5 Å². The molecule has 2 amide bonds. The lowest BCUT2D eigenvalue weighted by atomic mass is 10.2. The maximum absolute atomic E-state index is 12.5. The Morgan fingerprint density at radius 3 is 2.55 bits per heavy atom. The minimum absolute atomic E-state index is 0.0283. The van der Waals surface area contributed by atoms with E-state index in [-0.39, 0.29) is 41.5 Å². The van der Waals surface area contributed by atoms with Crippen molar-refractivity contribution in [2.24, 2.45) is 5.92 Å². The van der Waals surface area contributed by atoms with Crippen LogP contribution in [0, 0.1) is 12.8 Å². The number of aryl methyl sites for hydroxylation is 1. The maximum atomic E-state index is 12.5. The van der Waals surface area contributed by atoms with Crippen molar-refractivity contribution in [1.29, 1.82) is 0 Å². The standard InChI is InChI=1S/C20H21F3N4O4/c1-11-7-14(26-19(25-11)27-17(28)13-4-5-13)18(29)24-9-12-3-6-15(16(8-12)30-2)31-10-20(21,22)23/h3,6-8,13H,4-5,9-10H2,1-2H3,(H,24,29)(H,25,26,27,28). The van der Waals surface area contributed by atoms with Crippen molar-refractivity contribution < 1.29 is 32.2 Å². The molecule has 11 heteroatoms. The van der Waals surface area contributed by atoms with Crippen LogP contribution in [0.5, 0.6) is 11.5 Å². The summed E-state index contributed by atoms with van der Waals surface area (Å²) in [5.41, 5.74) is 1.17. The van der Waals surface area contributed by atoms with Gasteiger partial charge >= 0.3 is 6.18 Å². The van der Waals surface area contributed by atoms with Crippen LogP contribution in [-0.4, -0.2) is 41.7 Å². The first-order valence-electron chi connectivity index (χ1n) is 9.46. The lowest BCUT2D eigenvalue weighted by Gasteiger charge is -2.14. The highest BCUT2D eigenvalue weighted by molar-refractivity contribution is 5.95. The van der Waals surface area contributed by atoms with Crippen molar-refractivity contribution >= 4 is 17.8 Å². The number of hydrogen-bond acceptors (Lipinski definition) is 6. The molecule has 31 heavy (non-hydrogen) atoms. The summed E-state index contributed by atoms with van der Waals surface area (Å²) >= 11 is 0. The summed E-state index contributed by atoms with van der Waals surface area (Å²) in [5.74, 6) is -0.577. The zero-order valence-corrected chi connectivity index (χ0v) is 16.9. The third kappa shape index (κ3) is 6.56. The summed E-state index contributed by atoms with van der Waals surface area (Å²) in [7, 11) is 1.30. The molecule has 1 aliphatic carbocycles. The third-order valence-electron chi connectivity index (χ3n) is 4.34. The van der Waals surface area contributed by atoms with Crippen LogP contribution in [0.4, 0.5) is 19.1 Å². The minimum Gasteiger partial charge on any atom is -0.493 e. The molecule has 166 valence electrons. The predicted molar refractivity (Wildman–Crippen MR) is 104 cm³/mol. The molecule has 1 aliphatic rings. The van der Waals surface area contributed by atoms with Crippen LogP contribution in [0.1, 0.15) is 34.6 Å². The Balaban J connectivity index is 1.63. The van der Waals surface area contributed by atoms with Gasteiger partial charge in [-0.25, -0.2) is 9.97 Å². The zero-order valence-electron chi connectivity index (χ0n) is 16.9. The molecule has 0 aliphatic heterocycles. The average molecular weight is 438 g/mol. The van der Waals surface area contributed by atoms with Crippen LogP contribution in [0.2, 0.25) is 0 Å². The SMILES string of the molecule is COc1cc(CNC(=O)c2cc(C)nc(NC(=O)C3CC3)n2)ccc1OCC(F)(F)F. The molecule has 0 bridgehead atoms. The van der Waals surface area contributed by atoms with E-state index in [4.69, 9.17) is 9.47 Å². The molecule has 2 N–H and O–H groups in total. The molecule has 0 spiro atoms. The number of aromatic nitrogens is 2. The second kappa shape index (κ2) is 9.19. The molecule has 1 fully saturated rings. The second-order valence-electron chi connectivity index (χ2n) is 7.05. The van der Waals surface area contributed by atoms with E-state index in [0.29, 0.717) is 11.3 Å². The molecule has 0 saturated heterocycles. The number of rotatable bonds is 8. The van der Waals surface area contributed by atoms with Gasteiger partial charge in [-0.15, -0.1) is 0 Å². The second-order valence-corrected chi connectivity index (χ2v) is 7.05. The van der Waals surface area contributed by atoms with E-state index in [0.717, 1.165) is 12.8 Å². The van der Waals surface area contributed by atoms with Crippen molar-refractivity contribution in [1.82, 2.24) is 15.3 Å². The topological polar surface area (TPSA) is 102 Å². The normalized spacial score (nSPS) is 13.5. The van der Waals surface area contributed by atoms with Crippen LogP contribution in [0.25, 0.3) is 0 Å². The first kappa shape index (κ1) is 22.3. The van der Waals surface area contributed by atoms with Crippen LogP contribution in [0.15, 0.2) is 24.3 Å². The number of carbonyl (C=O) groups is 2. The lowest BCUT2D eigenvalue weighted by molar-refractivity contribution is -0.153. The number of methoxy groups -OCH3 is 1. The summed E-state index contributed by atoms with van der Waals surface area (Å²) in [4.78, 5) is 32.6. The summed E-state index contributed by atoms with van der Waals surface area (Å²) in [5, 5.41) is 5.27. The fourth-order valence-corrected chi connectivity index (χ4v) is 2.67. The minimum atomic E-state index is -4.47. The number of halogens is 3. The molecule has 0 radical (unpaired) electrons. The Bertz CT molecular complexity index is 977. The van der Waals surface area contributed by atoms with Gasteiger partial charge in [-0.05, 0) is 43.5 Å². The van der Waals surface area contributed by atoms with Gasteiger partial charge in [0, 0.05) is 18.2 Å². The Kier molecular flexibility index (Phi) is 6.62. The largest absolute Gasteiger partial charge is 0.493 e. The molecule has 1 aromatic carbocycles. The van der Waals surface area contributed by atoms with Crippen molar-refractivity contribution in [2.75, 3.05) is 19.0 Å². The smallest absolute Gasteiger partial charge is 0.422 e. The number of hydrogen-bond donors (Lipinski definition) is 2. The summed E-state index contributed by atoms with van der Waals surface area (Å²) in [6, 6.07) is 5.81. The van der Waals surface area contributed by atoms with E-state index in [2.05, 4.69) is 20.6 Å². The first-order valence-corrected chi connectivity index (χ1v) is 9.46. The molecule has 1 saturated carbocycles. The number of nitrogens with zero attached hydrogens (tertiary/aromatic N) is 2. The summed E-state index contributed by atoms with van der Waals surface area (Å²) in [6.45, 7) is 0.309. The monoisotopic (exact) mass is 438 g/mol. The highest BCUT2D eigenvalue weighted by Gasteiger charge is 2.30. The molecule has 8 nitrogen and oxygen atoms in total. The van der Waals surface area contributed by atoms with Gasteiger partial charge in [-0.2, -0.15) is 13.2 Å². The van der Waals surface area contributed by atoms with Crippen molar-refractivity contribution in [3.05, 3.63) is 41.2 Å². The summed E-state index contributed by atoms with van der Waals surface area (Å²) in [6.07, 6.45) is -2.81. The van der Waals surface area contributed by atoms with E-state index < -0.39 is 18.7 Å². The Morgan fingerprint density at radius 2 is 1.90 bits per heavy atom. The number of ether oxygens (including phenoxy) is 2. The Hall–Kier alpha value is -3.37. The van der Waals surface area contributed by atoms with Gasteiger partial charge in [-0.3, -0.25) is 14.9 Å². The molecule has 2 aromatic rings. The van der Waals surface area contributed by atoms with Gasteiger partial charge < -0.3 is 14.8 Å². The van der Waals surface area contributed by atoms with Crippen molar-refractivity contribution in [3.63, 3.8) is 0 Å². The highest BCUT2D eigenvalue weighted by Crippen LogP contribution is 2.30. The van der Waals surface area contributed by atoms with Gasteiger partial charge in [0.05, 0.1) is 7.11 Å².